The quantitative estimate of drug-likeness (QED) is 0.531. The molecule has 0 aliphatic carbocycles. The van der Waals surface area contributed by atoms with Gasteiger partial charge in [0.15, 0.2) is 0 Å². The van der Waals surface area contributed by atoms with Gasteiger partial charge in [0.25, 0.3) is 0 Å². The van der Waals surface area contributed by atoms with Crippen LogP contribution in [0.15, 0.2) is 32.5 Å². The fraction of sp³-hybridized carbons (Fsp3) is 0.231. The van der Waals surface area contributed by atoms with E-state index in [1.165, 1.54) is 16.0 Å². The Hall–Kier alpha value is 0.170. The summed E-state index contributed by atoms with van der Waals surface area (Å²) in [4.78, 5) is 1.26. The molecule has 0 N–H and O–H groups in total. The Balaban J connectivity index is 2.40. The van der Waals surface area contributed by atoms with Crippen molar-refractivity contribution in [3.05, 3.63) is 54.1 Å². The lowest BCUT2D eigenvalue weighted by molar-refractivity contribution is 1.12. The van der Waals surface area contributed by atoms with E-state index in [0.29, 0.717) is 0 Å². The highest BCUT2D eigenvalue weighted by Crippen LogP contribution is 2.38. The van der Waals surface area contributed by atoms with Gasteiger partial charge in [-0.2, -0.15) is 0 Å². The third-order valence-corrected chi connectivity index (χ3v) is 5.62. The molecule has 2 aromatic rings. The van der Waals surface area contributed by atoms with Gasteiger partial charge in [-0.15, -0.1) is 22.9 Å². The summed E-state index contributed by atoms with van der Waals surface area (Å²) in [6.07, 6.45) is 0. The second-order valence-electron chi connectivity index (χ2n) is 3.93. The third kappa shape index (κ3) is 2.95. The number of benzene rings is 1. The first kappa shape index (κ1) is 13.6. The lowest BCUT2D eigenvalue weighted by atomic mass is 10.0. The highest BCUT2D eigenvalue weighted by molar-refractivity contribution is 9.11. The number of thiophene rings is 1. The molecule has 2 rings (SSSR count). The standard InChI is InChI=1S/C13H11Br2ClS/c1-7-5-9(3-4-11(7)14)13(16)10-6-12(15)17-8(10)2/h3-6,13H,1-2H3. The van der Waals surface area contributed by atoms with Crippen molar-refractivity contribution < 1.29 is 0 Å². The summed E-state index contributed by atoms with van der Waals surface area (Å²) < 4.78 is 2.25. The Morgan fingerprint density at radius 2 is 1.88 bits per heavy atom. The molecule has 0 bridgehead atoms. The van der Waals surface area contributed by atoms with Crippen molar-refractivity contribution in [3.63, 3.8) is 0 Å². The van der Waals surface area contributed by atoms with Crippen molar-refractivity contribution in [1.82, 2.24) is 0 Å². The van der Waals surface area contributed by atoms with Gasteiger partial charge in [-0.3, -0.25) is 0 Å². The molecule has 0 aliphatic heterocycles. The average Bonchev–Trinajstić information content (AvgIpc) is 2.61. The van der Waals surface area contributed by atoms with E-state index in [-0.39, 0.29) is 5.38 Å². The van der Waals surface area contributed by atoms with E-state index >= 15 is 0 Å². The number of alkyl halides is 1. The zero-order valence-corrected chi connectivity index (χ0v) is 14.2. The van der Waals surface area contributed by atoms with Crippen LogP contribution in [0.4, 0.5) is 0 Å². The second kappa shape index (κ2) is 5.43. The summed E-state index contributed by atoms with van der Waals surface area (Å²) in [6.45, 7) is 4.18. The summed E-state index contributed by atoms with van der Waals surface area (Å²) in [6, 6.07) is 8.36. The predicted octanol–water partition coefficient (Wildman–Crippen LogP) is 6.22. The predicted molar refractivity (Wildman–Crippen MR) is 83.3 cm³/mol. The van der Waals surface area contributed by atoms with Crippen molar-refractivity contribution in [2.24, 2.45) is 0 Å². The summed E-state index contributed by atoms with van der Waals surface area (Å²) in [5.74, 6) is 0. The zero-order chi connectivity index (χ0) is 12.6. The van der Waals surface area contributed by atoms with Crippen LogP contribution in [0.5, 0.6) is 0 Å². The monoisotopic (exact) mass is 392 g/mol. The Bertz CT molecular complexity index is 548. The first-order chi connectivity index (χ1) is 7.99. The highest BCUT2D eigenvalue weighted by atomic mass is 79.9. The molecule has 0 fully saturated rings. The van der Waals surface area contributed by atoms with Crippen molar-refractivity contribution >= 4 is 54.8 Å². The molecule has 0 aliphatic rings. The van der Waals surface area contributed by atoms with Crippen LogP contribution in [0, 0.1) is 13.8 Å². The van der Waals surface area contributed by atoms with E-state index in [9.17, 15) is 0 Å². The normalized spacial score (nSPS) is 12.8. The maximum atomic E-state index is 6.55. The van der Waals surface area contributed by atoms with E-state index in [1.807, 2.05) is 0 Å². The van der Waals surface area contributed by atoms with Crippen LogP contribution in [0.2, 0.25) is 0 Å². The van der Waals surface area contributed by atoms with E-state index in [1.54, 1.807) is 11.3 Å². The van der Waals surface area contributed by atoms with Crippen LogP contribution in [-0.4, -0.2) is 0 Å². The molecular weight excluding hydrogens is 383 g/mol. The molecule has 90 valence electrons. The van der Waals surface area contributed by atoms with Gasteiger partial charge in [-0.1, -0.05) is 28.1 Å². The summed E-state index contributed by atoms with van der Waals surface area (Å²) in [5.41, 5.74) is 3.53. The molecule has 1 aromatic heterocycles. The molecule has 1 aromatic carbocycles. The largest absolute Gasteiger partial charge is 0.133 e. The van der Waals surface area contributed by atoms with E-state index < -0.39 is 0 Å². The van der Waals surface area contributed by atoms with Gasteiger partial charge in [-0.05, 0) is 58.6 Å². The van der Waals surface area contributed by atoms with Crippen molar-refractivity contribution in [3.8, 4) is 0 Å². The maximum absolute atomic E-state index is 6.55. The molecule has 0 amide bonds. The molecule has 4 heteroatoms. The smallest absolute Gasteiger partial charge is 0.0846 e. The fourth-order valence-corrected chi connectivity index (χ4v) is 4.14. The lowest BCUT2D eigenvalue weighted by Crippen LogP contribution is -1.94. The summed E-state index contributed by atoms with van der Waals surface area (Å²) >= 11 is 15.3. The van der Waals surface area contributed by atoms with Crippen LogP contribution >= 0.6 is 54.8 Å². The van der Waals surface area contributed by atoms with Crippen molar-refractivity contribution in [2.75, 3.05) is 0 Å². The first-order valence-corrected chi connectivity index (χ1v) is 7.99. The van der Waals surface area contributed by atoms with E-state index in [0.717, 1.165) is 13.8 Å². The lowest BCUT2D eigenvalue weighted by Gasteiger charge is -2.11. The Kier molecular flexibility index (Phi) is 4.35. The van der Waals surface area contributed by atoms with Gasteiger partial charge in [0, 0.05) is 9.35 Å². The molecular formula is C13H11Br2ClS. The minimum Gasteiger partial charge on any atom is -0.133 e. The molecule has 0 nitrogen and oxygen atoms in total. The topological polar surface area (TPSA) is 0 Å². The Labute approximate surface area is 127 Å². The van der Waals surface area contributed by atoms with Crippen LogP contribution in [0.1, 0.15) is 26.9 Å². The number of hydrogen-bond acceptors (Lipinski definition) is 1. The number of aryl methyl sites for hydroxylation is 2. The van der Waals surface area contributed by atoms with Crippen LogP contribution in [0.3, 0.4) is 0 Å². The fourth-order valence-electron chi connectivity index (χ4n) is 1.72. The minimum absolute atomic E-state index is 0.0793. The molecule has 1 unspecified atom stereocenters. The summed E-state index contributed by atoms with van der Waals surface area (Å²) in [7, 11) is 0. The average molecular weight is 395 g/mol. The van der Waals surface area contributed by atoms with Crippen molar-refractivity contribution in [2.45, 2.75) is 19.2 Å². The molecule has 17 heavy (non-hydrogen) atoms. The number of hydrogen-bond donors (Lipinski definition) is 0. The van der Waals surface area contributed by atoms with Gasteiger partial charge < -0.3 is 0 Å². The van der Waals surface area contributed by atoms with E-state index in [2.05, 4.69) is 70.0 Å². The van der Waals surface area contributed by atoms with Crippen LogP contribution < -0.4 is 0 Å². The first-order valence-electron chi connectivity index (χ1n) is 5.15. The molecule has 1 atom stereocenters. The van der Waals surface area contributed by atoms with Gasteiger partial charge in [-0.25, -0.2) is 0 Å². The molecule has 0 spiro atoms. The zero-order valence-electron chi connectivity index (χ0n) is 9.43. The van der Waals surface area contributed by atoms with E-state index in [4.69, 9.17) is 11.6 Å². The summed E-state index contributed by atoms with van der Waals surface area (Å²) in [5, 5.41) is -0.0793. The highest BCUT2D eigenvalue weighted by Gasteiger charge is 2.16. The number of halogens is 3. The van der Waals surface area contributed by atoms with Gasteiger partial charge in [0.2, 0.25) is 0 Å². The second-order valence-corrected chi connectivity index (χ2v) is 7.86. The Morgan fingerprint density at radius 1 is 1.18 bits per heavy atom. The third-order valence-electron chi connectivity index (χ3n) is 2.67. The molecule has 0 saturated carbocycles. The molecule has 1 heterocycles. The van der Waals surface area contributed by atoms with Gasteiger partial charge >= 0.3 is 0 Å². The maximum Gasteiger partial charge on any atom is 0.0846 e. The van der Waals surface area contributed by atoms with Crippen LogP contribution in [-0.2, 0) is 0 Å². The van der Waals surface area contributed by atoms with Crippen LogP contribution in [0.25, 0.3) is 0 Å². The molecule has 0 radical (unpaired) electrons. The number of rotatable bonds is 2. The Morgan fingerprint density at radius 3 is 2.41 bits per heavy atom. The molecule has 0 saturated heterocycles. The van der Waals surface area contributed by atoms with Gasteiger partial charge in [0.1, 0.15) is 0 Å². The minimum atomic E-state index is -0.0793. The SMILES string of the molecule is Cc1cc(C(Cl)c2cc(Br)sc2C)ccc1Br. The van der Waals surface area contributed by atoms with Crippen molar-refractivity contribution in [1.29, 1.82) is 0 Å². The van der Waals surface area contributed by atoms with Gasteiger partial charge in [0.05, 0.1) is 9.16 Å².